The van der Waals surface area contributed by atoms with Gasteiger partial charge in [-0.05, 0) is 29.5 Å². The molecule has 1 aliphatic heterocycles. The van der Waals surface area contributed by atoms with Gasteiger partial charge in [0, 0.05) is 17.2 Å². The topological polar surface area (TPSA) is 166 Å². The number of carbonyl (C=O) groups is 2. The van der Waals surface area contributed by atoms with E-state index < -0.39 is 29.0 Å². The van der Waals surface area contributed by atoms with E-state index in [-0.39, 0.29) is 11.1 Å². The van der Waals surface area contributed by atoms with Crippen molar-refractivity contribution in [2.24, 2.45) is 25.9 Å². The van der Waals surface area contributed by atoms with E-state index in [1.807, 2.05) is 0 Å². The van der Waals surface area contributed by atoms with Gasteiger partial charge in [-0.2, -0.15) is 0 Å². The second-order valence-electron chi connectivity index (χ2n) is 6.97. The third-order valence-corrected chi connectivity index (χ3v) is 4.86. The molecular formula is C21H19N5O6. The Balaban J connectivity index is 2.35. The molecule has 0 saturated carbocycles. The van der Waals surface area contributed by atoms with Crippen molar-refractivity contribution >= 4 is 17.8 Å². The second-order valence-corrected chi connectivity index (χ2v) is 6.97. The summed E-state index contributed by atoms with van der Waals surface area (Å²) in [5.74, 6) is -4.08. The SMILES string of the molecule is Cc1ccc(C(O)(C(=O)O)C(OC2=N/N=N\N=N/C=C\2)(C(=O)O)c2ccc(C)cc2)cc1. The van der Waals surface area contributed by atoms with E-state index in [9.17, 15) is 24.9 Å². The minimum atomic E-state index is -3.08. The molecule has 2 aromatic carbocycles. The molecule has 0 spiro atoms. The normalized spacial score (nSPS) is 21.4. The molecule has 11 nitrogen and oxygen atoms in total. The van der Waals surface area contributed by atoms with E-state index in [1.165, 1.54) is 24.3 Å². The molecule has 3 rings (SSSR count). The van der Waals surface area contributed by atoms with Crippen LogP contribution in [0.2, 0.25) is 0 Å². The number of benzene rings is 2. The monoisotopic (exact) mass is 437 g/mol. The molecular weight excluding hydrogens is 418 g/mol. The van der Waals surface area contributed by atoms with Gasteiger partial charge >= 0.3 is 11.9 Å². The van der Waals surface area contributed by atoms with Crippen molar-refractivity contribution in [3.8, 4) is 0 Å². The van der Waals surface area contributed by atoms with Crippen LogP contribution < -0.4 is 0 Å². The van der Waals surface area contributed by atoms with Gasteiger partial charge < -0.3 is 20.1 Å². The Morgan fingerprint density at radius 2 is 1.38 bits per heavy atom. The number of carboxylic acid groups (broad SMARTS) is 2. The maximum atomic E-state index is 12.8. The van der Waals surface area contributed by atoms with E-state index in [0.717, 1.165) is 23.4 Å². The number of aliphatic hydroxyl groups is 1. The highest BCUT2D eigenvalue weighted by molar-refractivity contribution is 5.97. The predicted octanol–water partition coefficient (Wildman–Crippen LogP) is 3.23. The standard InChI is InChI=1S/C21H19N5O6/c1-13-3-7-15(8-4-13)20(31,18(27)28)21(19(29)30,16-9-5-14(2)6-10-16)32-17-11-12-22-24-26-25-23-17/h3-12,31H,1-2H3,(H,27,28)(H,29,30)/b12-11-,17-11?,22-12?,23-17+,24-22-,25-23?,26-24?,26-25-. The number of hydrogen-bond donors (Lipinski definition) is 3. The molecule has 2 atom stereocenters. The molecule has 32 heavy (non-hydrogen) atoms. The Hall–Kier alpha value is -4.25. The third-order valence-electron chi connectivity index (χ3n) is 4.86. The number of aryl methyl sites for hydroxylation is 2. The maximum absolute atomic E-state index is 12.8. The molecule has 1 aliphatic rings. The summed E-state index contributed by atoms with van der Waals surface area (Å²) >= 11 is 0. The van der Waals surface area contributed by atoms with Crippen molar-refractivity contribution in [2.75, 3.05) is 0 Å². The van der Waals surface area contributed by atoms with Gasteiger partial charge in [-0.3, -0.25) is 0 Å². The number of nitrogens with zero attached hydrogens (tertiary/aromatic N) is 5. The first-order chi connectivity index (χ1) is 15.2. The number of ether oxygens (including phenoxy) is 1. The molecule has 0 aromatic heterocycles. The maximum Gasteiger partial charge on any atom is 0.357 e. The number of rotatable bonds is 6. The van der Waals surface area contributed by atoms with Crippen molar-refractivity contribution < 1.29 is 29.6 Å². The lowest BCUT2D eigenvalue weighted by Crippen LogP contribution is -2.61. The Morgan fingerprint density at radius 1 is 0.812 bits per heavy atom. The molecule has 1 heterocycles. The lowest BCUT2D eigenvalue weighted by atomic mass is 9.72. The smallest absolute Gasteiger partial charge is 0.357 e. The zero-order valence-electron chi connectivity index (χ0n) is 17.1. The number of hydrogen-bond acceptors (Lipinski definition) is 9. The van der Waals surface area contributed by atoms with Crippen LogP contribution in [-0.4, -0.2) is 33.2 Å². The fraction of sp³-hybridized carbons (Fsp3) is 0.190. The van der Waals surface area contributed by atoms with Crippen LogP contribution in [-0.2, 0) is 25.5 Å². The van der Waals surface area contributed by atoms with Crippen molar-refractivity contribution in [3.63, 3.8) is 0 Å². The average Bonchev–Trinajstić information content (AvgIpc) is 2.73. The van der Waals surface area contributed by atoms with Crippen molar-refractivity contribution in [2.45, 2.75) is 25.0 Å². The summed E-state index contributed by atoms with van der Waals surface area (Å²) < 4.78 is 5.69. The van der Waals surface area contributed by atoms with E-state index in [0.29, 0.717) is 0 Å². The lowest BCUT2D eigenvalue weighted by Gasteiger charge is -2.41. The quantitative estimate of drug-likeness (QED) is 0.627. The van der Waals surface area contributed by atoms with Gasteiger partial charge in [0.05, 0.1) is 6.20 Å². The van der Waals surface area contributed by atoms with Gasteiger partial charge in [-0.25, -0.2) is 9.59 Å². The Bertz CT molecular complexity index is 1140. The number of carboxylic acids is 2. The van der Waals surface area contributed by atoms with Gasteiger partial charge in [-0.15, -0.1) is 5.11 Å². The fourth-order valence-corrected chi connectivity index (χ4v) is 3.20. The molecule has 3 N–H and O–H groups in total. The Labute approximate surface area is 182 Å². The number of aliphatic carboxylic acids is 2. The highest BCUT2D eigenvalue weighted by Crippen LogP contribution is 2.45. The molecule has 11 heteroatoms. The predicted molar refractivity (Wildman–Crippen MR) is 111 cm³/mol. The zero-order valence-corrected chi connectivity index (χ0v) is 17.1. The Morgan fingerprint density at radius 3 is 1.91 bits per heavy atom. The van der Waals surface area contributed by atoms with Crippen LogP contribution in [0.4, 0.5) is 0 Å². The van der Waals surface area contributed by atoms with Crippen molar-refractivity contribution in [1.82, 2.24) is 0 Å². The molecule has 0 amide bonds. The van der Waals surface area contributed by atoms with Crippen LogP contribution in [0.15, 0.2) is 86.7 Å². The fourth-order valence-electron chi connectivity index (χ4n) is 3.20. The summed E-state index contributed by atoms with van der Waals surface area (Å²) in [6.45, 7) is 3.53. The molecule has 0 saturated heterocycles. The van der Waals surface area contributed by atoms with E-state index in [2.05, 4.69) is 25.9 Å². The minimum Gasteiger partial charge on any atom is -0.479 e. The summed E-state index contributed by atoms with van der Waals surface area (Å²) in [4.78, 5) is 25.3. The van der Waals surface area contributed by atoms with Crippen LogP contribution in [0.5, 0.6) is 0 Å². The molecule has 2 unspecified atom stereocenters. The van der Waals surface area contributed by atoms with Crippen LogP contribution in [0.3, 0.4) is 0 Å². The van der Waals surface area contributed by atoms with Gasteiger partial charge in [0.15, 0.2) is 0 Å². The van der Waals surface area contributed by atoms with E-state index >= 15 is 0 Å². The summed E-state index contributed by atoms with van der Waals surface area (Å²) in [6, 6.07) is 11.6. The molecule has 0 bridgehead atoms. The zero-order chi connectivity index (χ0) is 23.4. The van der Waals surface area contributed by atoms with Crippen LogP contribution in [0.1, 0.15) is 22.3 Å². The summed E-state index contributed by atoms with van der Waals surface area (Å²) in [6.07, 6.45) is 2.22. The lowest BCUT2D eigenvalue weighted by molar-refractivity contribution is -0.209. The average molecular weight is 437 g/mol. The molecule has 2 aromatic rings. The first kappa shape index (κ1) is 22.4. The van der Waals surface area contributed by atoms with E-state index in [4.69, 9.17) is 4.74 Å². The second kappa shape index (κ2) is 8.86. The largest absolute Gasteiger partial charge is 0.479 e. The van der Waals surface area contributed by atoms with Crippen LogP contribution >= 0.6 is 0 Å². The van der Waals surface area contributed by atoms with Gasteiger partial charge in [0.25, 0.3) is 5.60 Å². The van der Waals surface area contributed by atoms with Crippen molar-refractivity contribution in [1.29, 1.82) is 0 Å². The van der Waals surface area contributed by atoms with Gasteiger partial charge in [0.2, 0.25) is 11.5 Å². The summed E-state index contributed by atoms with van der Waals surface area (Å²) in [5.41, 5.74) is -4.76. The van der Waals surface area contributed by atoms with Crippen LogP contribution in [0.25, 0.3) is 0 Å². The first-order valence-corrected chi connectivity index (χ1v) is 9.28. The molecule has 0 radical (unpaired) electrons. The highest BCUT2D eigenvalue weighted by atomic mass is 16.6. The van der Waals surface area contributed by atoms with Crippen LogP contribution in [0, 0.1) is 13.8 Å². The third kappa shape index (κ3) is 3.88. The summed E-state index contributed by atoms with van der Waals surface area (Å²) in [5, 5.41) is 49.1. The highest BCUT2D eigenvalue weighted by Gasteiger charge is 2.66. The molecule has 0 fully saturated rings. The minimum absolute atomic E-state index is 0.141. The summed E-state index contributed by atoms with van der Waals surface area (Å²) in [7, 11) is 0. The van der Waals surface area contributed by atoms with E-state index in [1.54, 1.807) is 38.1 Å². The molecule has 0 aliphatic carbocycles. The van der Waals surface area contributed by atoms with Gasteiger partial charge in [0.1, 0.15) is 0 Å². The first-order valence-electron chi connectivity index (χ1n) is 9.28. The molecule has 164 valence electrons. The van der Waals surface area contributed by atoms with Crippen molar-refractivity contribution in [3.05, 3.63) is 83.1 Å². The Kier molecular flexibility index (Phi) is 6.21. The van der Waals surface area contributed by atoms with Gasteiger partial charge in [-0.1, -0.05) is 64.8 Å².